The van der Waals surface area contributed by atoms with Crippen LogP contribution in [0.4, 0.5) is 4.39 Å². The minimum absolute atomic E-state index is 0.101. The van der Waals surface area contributed by atoms with Crippen LogP contribution in [-0.2, 0) is 0 Å². The maximum absolute atomic E-state index is 13.4. The van der Waals surface area contributed by atoms with Crippen LogP contribution in [0.25, 0.3) is 0 Å². The van der Waals surface area contributed by atoms with Crippen molar-refractivity contribution < 1.29 is 13.9 Å². The molecule has 0 radical (unpaired) electrons. The molecule has 1 rings (SSSR count). The molecule has 0 aromatic heterocycles. The molecule has 5 heteroatoms. The lowest BCUT2D eigenvalue weighted by molar-refractivity contribution is 0.0995. The number of benzene rings is 1. The Bertz CT molecular complexity index is 424. The Balaban J connectivity index is 3.49. The highest BCUT2D eigenvalue weighted by atomic mass is 19.1. The highest BCUT2D eigenvalue weighted by Gasteiger charge is 2.18. The molecule has 0 atom stereocenters. The first-order valence-corrected chi connectivity index (χ1v) is 3.68. The number of primary amides is 1. The van der Waals surface area contributed by atoms with Gasteiger partial charge in [0.2, 0.25) is 0 Å². The zero-order chi connectivity index (χ0) is 10.7. The van der Waals surface area contributed by atoms with Gasteiger partial charge in [0.05, 0.1) is 18.2 Å². The summed E-state index contributed by atoms with van der Waals surface area (Å²) < 4.78 is 18.0. The van der Waals surface area contributed by atoms with Gasteiger partial charge in [-0.1, -0.05) is 0 Å². The zero-order valence-electron chi connectivity index (χ0n) is 7.37. The van der Waals surface area contributed by atoms with Crippen LogP contribution in [-0.4, -0.2) is 13.0 Å². The van der Waals surface area contributed by atoms with Crippen molar-refractivity contribution in [3.8, 4) is 11.8 Å². The molecule has 0 fully saturated rings. The van der Waals surface area contributed by atoms with Gasteiger partial charge >= 0.3 is 0 Å². The number of carbonyl (C=O) groups excluding carboxylic acids is 1. The van der Waals surface area contributed by atoms with E-state index in [4.69, 9.17) is 11.0 Å². The smallest absolute Gasteiger partial charge is 0.253 e. The van der Waals surface area contributed by atoms with Crippen LogP contribution in [0.3, 0.4) is 0 Å². The molecule has 14 heavy (non-hydrogen) atoms. The van der Waals surface area contributed by atoms with Crippen molar-refractivity contribution in [1.82, 2.24) is 0 Å². The van der Waals surface area contributed by atoms with Crippen molar-refractivity contribution in [2.75, 3.05) is 7.11 Å². The third-order valence-corrected chi connectivity index (χ3v) is 1.69. The molecule has 2 N–H and O–H groups in total. The second-order valence-electron chi connectivity index (χ2n) is 2.48. The van der Waals surface area contributed by atoms with Gasteiger partial charge in [-0.2, -0.15) is 5.26 Å². The lowest BCUT2D eigenvalue weighted by Crippen LogP contribution is -2.15. The SMILES string of the molecule is COc1ccc(C#N)c(C(N)=O)c1F. The van der Waals surface area contributed by atoms with Crippen molar-refractivity contribution in [3.63, 3.8) is 0 Å². The summed E-state index contributed by atoms with van der Waals surface area (Å²) in [4.78, 5) is 10.8. The number of ether oxygens (including phenoxy) is 1. The lowest BCUT2D eigenvalue weighted by Gasteiger charge is -2.05. The van der Waals surface area contributed by atoms with Gasteiger partial charge in [0.1, 0.15) is 6.07 Å². The summed E-state index contributed by atoms with van der Waals surface area (Å²) in [5.74, 6) is -2.00. The normalized spacial score (nSPS) is 9.21. The third-order valence-electron chi connectivity index (χ3n) is 1.69. The van der Waals surface area contributed by atoms with Crippen molar-refractivity contribution in [2.24, 2.45) is 5.73 Å². The number of amides is 1. The molecule has 72 valence electrons. The molecule has 0 unspecified atom stereocenters. The largest absolute Gasteiger partial charge is 0.494 e. The summed E-state index contributed by atoms with van der Waals surface area (Å²) in [6, 6.07) is 4.22. The van der Waals surface area contributed by atoms with Gasteiger partial charge in [-0.05, 0) is 12.1 Å². The van der Waals surface area contributed by atoms with E-state index in [1.807, 2.05) is 0 Å². The summed E-state index contributed by atoms with van der Waals surface area (Å²) in [6.07, 6.45) is 0. The number of nitrogens with two attached hydrogens (primary N) is 1. The number of carbonyl (C=O) groups is 1. The first-order chi connectivity index (χ1) is 6.61. The van der Waals surface area contributed by atoms with Crippen molar-refractivity contribution in [2.45, 2.75) is 0 Å². The van der Waals surface area contributed by atoms with E-state index in [-0.39, 0.29) is 11.3 Å². The van der Waals surface area contributed by atoms with E-state index >= 15 is 0 Å². The van der Waals surface area contributed by atoms with E-state index < -0.39 is 17.3 Å². The van der Waals surface area contributed by atoms with Crippen LogP contribution in [0, 0.1) is 17.1 Å². The Labute approximate surface area is 79.7 Å². The molecule has 0 bridgehead atoms. The van der Waals surface area contributed by atoms with Crippen LogP contribution >= 0.6 is 0 Å². The van der Waals surface area contributed by atoms with Crippen LogP contribution in [0.5, 0.6) is 5.75 Å². The highest BCUT2D eigenvalue weighted by molar-refractivity contribution is 5.96. The van der Waals surface area contributed by atoms with Crippen LogP contribution < -0.4 is 10.5 Å². The number of rotatable bonds is 2. The van der Waals surface area contributed by atoms with E-state index in [9.17, 15) is 9.18 Å². The van der Waals surface area contributed by atoms with Crippen LogP contribution in [0.1, 0.15) is 15.9 Å². The quantitative estimate of drug-likeness (QED) is 0.756. The fraction of sp³-hybridized carbons (Fsp3) is 0.111. The summed E-state index contributed by atoms with van der Waals surface area (Å²) in [5, 5.41) is 8.59. The standard InChI is InChI=1S/C9H7FN2O2/c1-14-6-3-2-5(4-11)7(8(6)10)9(12)13/h2-3H,1H3,(H2,12,13). The fourth-order valence-electron chi connectivity index (χ4n) is 1.05. The molecule has 0 aliphatic rings. The highest BCUT2D eigenvalue weighted by Crippen LogP contribution is 2.22. The van der Waals surface area contributed by atoms with Crippen molar-refractivity contribution in [3.05, 3.63) is 29.1 Å². The number of halogens is 1. The number of nitriles is 1. The van der Waals surface area contributed by atoms with Gasteiger partial charge in [0.25, 0.3) is 5.91 Å². The van der Waals surface area contributed by atoms with E-state index in [0.717, 1.165) is 0 Å². The van der Waals surface area contributed by atoms with Crippen molar-refractivity contribution >= 4 is 5.91 Å². The molecular formula is C9H7FN2O2. The Morgan fingerprint density at radius 1 is 1.64 bits per heavy atom. The summed E-state index contributed by atoms with van der Waals surface area (Å²) in [7, 11) is 1.26. The number of hydrogen-bond acceptors (Lipinski definition) is 3. The molecule has 0 aliphatic heterocycles. The maximum atomic E-state index is 13.4. The average Bonchev–Trinajstić information content (AvgIpc) is 2.16. The predicted molar refractivity (Wildman–Crippen MR) is 46.2 cm³/mol. The summed E-state index contributed by atoms with van der Waals surface area (Å²) in [6.45, 7) is 0. The molecule has 1 aromatic rings. The second-order valence-corrected chi connectivity index (χ2v) is 2.48. The van der Waals surface area contributed by atoms with Crippen LogP contribution in [0.2, 0.25) is 0 Å². The van der Waals surface area contributed by atoms with Crippen molar-refractivity contribution in [1.29, 1.82) is 5.26 Å². The molecule has 0 spiro atoms. The van der Waals surface area contributed by atoms with E-state index in [1.165, 1.54) is 19.2 Å². The molecule has 0 saturated heterocycles. The van der Waals surface area contributed by atoms with Crippen LogP contribution in [0.15, 0.2) is 12.1 Å². The predicted octanol–water partition coefficient (Wildman–Crippen LogP) is 0.805. The third kappa shape index (κ3) is 1.50. The van der Waals surface area contributed by atoms with E-state index in [0.29, 0.717) is 0 Å². The first-order valence-electron chi connectivity index (χ1n) is 3.68. The molecule has 0 heterocycles. The fourth-order valence-corrected chi connectivity index (χ4v) is 1.05. The van der Waals surface area contributed by atoms with Gasteiger partial charge < -0.3 is 10.5 Å². The Kier molecular flexibility index (Phi) is 2.67. The number of hydrogen-bond donors (Lipinski definition) is 1. The van der Waals surface area contributed by atoms with E-state index in [2.05, 4.69) is 4.74 Å². The van der Waals surface area contributed by atoms with Gasteiger partial charge in [-0.3, -0.25) is 4.79 Å². The topological polar surface area (TPSA) is 76.1 Å². The van der Waals surface area contributed by atoms with Gasteiger partial charge in [-0.15, -0.1) is 0 Å². The summed E-state index contributed by atoms with van der Waals surface area (Å²) in [5.41, 5.74) is 4.39. The Morgan fingerprint density at radius 3 is 2.71 bits per heavy atom. The summed E-state index contributed by atoms with van der Waals surface area (Å²) >= 11 is 0. The molecule has 1 aromatic carbocycles. The minimum atomic E-state index is -0.988. The number of methoxy groups -OCH3 is 1. The molecule has 0 saturated carbocycles. The van der Waals surface area contributed by atoms with E-state index in [1.54, 1.807) is 6.07 Å². The van der Waals surface area contributed by atoms with Gasteiger partial charge in [0.15, 0.2) is 11.6 Å². The average molecular weight is 194 g/mol. The Hall–Kier alpha value is -2.09. The molecule has 1 amide bonds. The Morgan fingerprint density at radius 2 is 2.29 bits per heavy atom. The zero-order valence-corrected chi connectivity index (χ0v) is 7.37. The molecular weight excluding hydrogens is 187 g/mol. The molecule has 4 nitrogen and oxygen atoms in total. The second kappa shape index (κ2) is 3.75. The maximum Gasteiger partial charge on any atom is 0.253 e. The first kappa shape index (κ1) is 9.99. The lowest BCUT2D eigenvalue weighted by atomic mass is 10.1. The number of nitrogens with zero attached hydrogens (tertiary/aromatic N) is 1. The minimum Gasteiger partial charge on any atom is -0.494 e. The van der Waals surface area contributed by atoms with Gasteiger partial charge in [0, 0.05) is 0 Å². The molecule has 0 aliphatic carbocycles. The van der Waals surface area contributed by atoms with Gasteiger partial charge in [-0.25, -0.2) is 4.39 Å². The monoisotopic (exact) mass is 194 g/mol.